The number of rotatable bonds is 6. The van der Waals surface area contributed by atoms with Crippen molar-refractivity contribution < 1.29 is 38.1 Å². The van der Waals surface area contributed by atoms with Crippen LogP contribution in [0.1, 0.15) is 92.4 Å². The molecule has 202 valence electrons. The van der Waals surface area contributed by atoms with Gasteiger partial charge in [-0.25, -0.2) is 0 Å². The molecule has 4 rings (SSSR count). The molecule has 0 N–H and O–H groups in total. The van der Waals surface area contributed by atoms with Gasteiger partial charge in [-0.15, -0.1) is 0 Å². The largest absolute Gasteiger partial charge is 0.466 e. The summed E-state index contributed by atoms with van der Waals surface area (Å²) in [5.74, 6) is -0.850. The molecule has 36 heavy (non-hydrogen) atoms. The van der Waals surface area contributed by atoms with Crippen molar-refractivity contribution in [2.24, 2.45) is 34.5 Å². The second-order valence-corrected chi connectivity index (χ2v) is 11.6. The van der Waals surface area contributed by atoms with Crippen molar-refractivity contribution in [3.63, 3.8) is 0 Å². The number of carbonyl (C=O) groups is 4. The summed E-state index contributed by atoms with van der Waals surface area (Å²) in [5.41, 5.74) is -2.23. The Morgan fingerprint density at radius 3 is 2.17 bits per heavy atom. The number of carbonyl (C=O) groups excluding carboxylic acids is 4. The van der Waals surface area contributed by atoms with E-state index < -0.39 is 23.1 Å². The number of hydrogen-bond acceptors (Lipinski definition) is 8. The maximum absolute atomic E-state index is 14.0. The van der Waals surface area contributed by atoms with Crippen molar-refractivity contribution >= 4 is 23.9 Å². The highest BCUT2D eigenvalue weighted by molar-refractivity contribution is 5.81. The van der Waals surface area contributed by atoms with E-state index >= 15 is 0 Å². The van der Waals surface area contributed by atoms with Crippen LogP contribution in [-0.2, 0) is 38.1 Å². The molecule has 0 aromatic heterocycles. The first kappa shape index (κ1) is 26.9. The van der Waals surface area contributed by atoms with Crippen LogP contribution in [0.4, 0.5) is 0 Å². The maximum Gasteiger partial charge on any atom is 0.316 e. The van der Waals surface area contributed by atoms with E-state index in [1.807, 2.05) is 6.92 Å². The zero-order chi connectivity index (χ0) is 26.3. The van der Waals surface area contributed by atoms with Gasteiger partial charge >= 0.3 is 23.9 Å². The lowest BCUT2D eigenvalue weighted by Crippen LogP contribution is -2.69. The second kappa shape index (κ2) is 9.97. The topological polar surface area (TPSA) is 105 Å². The van der Waals surface area contributed by atoms with Crippen LogP contribution in [-0.4, -0.2) is 48.8 Å². The average Bonchev–Trinajstić information content (AvgIpc) is 3.15. The molecule has 0 radical (unpaired) electrons. The summed E-state index contributed by atoms with van der Waals surface area (Å²) in [6, 6.07) is 0. The fourth-order valence-corrected chi connectivity index (χ4v) is 8.94. The third-order valence-electron chi connectivity index (χ3n) is 10.1. The lowest BCUT2D eigenvalue weighted by atomic mass is 9.42. The Labute approximate surface area is 214 Å². The van der Waals surface area contributed by atoms with Gasteiger partial charge in [0.2, 0.25) is 0 Å². The van der Waals surface area contributed by atoms with Gasteiger partial charge in [0, 0.05) is 20.3 Å². The predicted octanol–water partition coefficient (Wildman–Crippen LogP) is 4.37. The molecule has 8 heteroatoms. The zero-order valence-electron chi connectivity index (χ0n) is 22.4. The first-order chi connectivity index (χ1) is 17.0. The predicted molar refractivity (Wildman–Crippen MR) is 129 cm³/mol. The molecular weight excluding hydrogens is 464 g/mol. The van der Waals surface area contributed by atoms with Gasteiger partial charge in [-0.1, -0.05) is 6.92 Å². The van der Waals surface area contributed by atoms with Crippen molar-refractivity contribution in [3.8, 4) is 0 Å². The Morgan fingerprint density at radius 1 is 0.806 bits per heavy atom. The average molecular weight is 507 g/mol. The second-order valence-electron chi connectivity index (χ2n) is 11.6. The summed E-state index contributed by atoms with van der Waals surface area (Å²) in [6.07, 6.45) is 5.48. The number of ether oxygens (including phenoxy) is 4. The smallest absolute Gasteiger partial charge is 0.316 e. The van der Waals surface area contributed by atoms with Gasteiger partial charge in [0.15, 0.2) is 0 Å². The van der Waals surface area contributed by atoms with Gasteiger partial charge in [0.1, 0.15) is 17.1 Å². The van der Waals surface area contributed by atoms with E-state index in [0.717, 1.165) is 32.1 Å². The molecule has 4 aliphatic rings. The molecule has 8 nitrogen and oxygen atoms in total. The maximum atomic E-state index is 14.0. The van der Waals surface area contributed by atoms with Gasteiger partial charge in [0.25, 0.3) is 0 Å². The summed E-state index contributed by atoms with van der Waals surface area (Å²) < 4.78 is 22.9. The summed E-state index contributed by atoms with van der Waals surface area (Å²) in [4.78, 5) is 51.0. The van der Waals surface area contributed by atoms with Gasteiger partial charge in [0.05, 0.1) is 19.1 Å². The normalized spacial score (nSPS) is 41.2. The molecule has 0 aliphatic heterocycles. The van der Waals surface area contributed by atoms with Crippen LogP contribution in [0, 0.1) is 34.5 Å². The lowest BCUT2D eigenvalue weighted by molar-refractivity contribution is -0.249. The third kappa shape index (κ3) is 4.12. The van der Waals surface area contributed by atoms with E-state index in [9.17, 15) is 19.2 Å². The minimum atomic E-state index is -1.07. The molecule has 0 saturated heterocycles. The standard InChI is InChI=1S/C28H42O8/c1-6-33-24(31)23-9-8-21-20-11-14-27(36-18(4)30)16-19(35-17(3)29)10-15-28(27,25(32)34-7-2)22(20)12-13-26(21,23)5/h19-23H,6-16H2,1-5H3/t19-,20+,21-,22-,23+,26-,27+,28-/m1/s1. The van der Waals surface area contributed by atoms with Gasteiger partial charge in [-0.2, -0.15) is 0 Å². The molecule has 0 aromatic carbocycles. The van der Waals surface area contributed by atoms with Gasteiger partial charge < -0.3 is 18.9 Å². The van der Waals surface area contributed by atoms with Crippen LogP contribution in [0.2, 0.25) is 0 Å². The van der Waals surface area contributed by atoms with Crippen LogP contribution in [0.5, 0.6) is 0 Å². The molecule has 0 aromatic rings. The van der Waals surface area contributed by atoms with Crippen LogP contribution in [0.15, 0.2) is 0 Å². The van der Waals surface area contributed by atoms with E-state index in [-0.39, 0.29) is 47.7 Å². The summed E-state index contributed by atoms with van der Waals surface area (Å²) in [5, 5.41) is 0. The molecule has 0 spiro atoms. The first-order valence-corrected chi connectivity index (χ1v) is 13.7. The van der Waals surface area contributed by atoms with E-state index in [0.29, 0.717) is 38.2 Å². The van der Waals surface area contributed by atoms with E-state index in [2.05, 4.69) is 6.92 Å². The van der Waals surface area contributed by atoms with Crippen LogP contribution in [0.25, 0.3) is 0 Å². The lowest BCUT2D eigenvalue weighted by Gasteiger charge is -2.63. The molecule has 4 fully saturated rings. The highest BCUT2D eigenvalue weighted by Crippen LogP contribution is 2.69. The fraction of sp³-hybridized carbons (Fsp3) is 0.857. The monoisotopic (exact) mass is 506 g/mol. The van der Waals surface area contributed by atoms with Crippen molar-refractivity contribution in [3.05, 3.63) is 0 Å². The van der Waals surface area contributed by atoms with E-state index in [1.165, 1.54) is 13.8 Å². The van der Waals surface area contributed by atoms with Crippen LogP contribution >= 0.6 is 0 Å². The van der Waals surface area contributed by atoms with Gasteiger partial charge in [-0.3, -0.25) is 19.2 Å². The van der Waals surface area contributed by atoms with Crippen LogP contribution in [0.3, 0.4) is 0 Å². The summed E-state index contributed by atoms with van der Waals surface area (Å²) >= 11 is 0. The van der Waals surface area contributed by atoms with Crippen molar-refractivity contribution in [2.75, 3.05) is 13.2 Å². The Morgan fingerprint density at radius 2 is 1.53 bits per heavy atom. The number of esters is 4. The quantitative estimate of drug-likeness (QED) is 0.386. The van der Waals surface area contributed by atoms with Gasteiger partial charge in [-0.05, 0) is 88.4 Å². The van der Waals surface area contributed by atoms with E-state index in [4.69, 9.17) is 18.9 Å². The Bertz CT molecular complexity index is 900. The minimum absolute atomic E-state index is 0.0260. The third-order valence-corrected chi connectivity index (χ3v) is 10.1. The van der Waals surface area contributed by atoms with Crippen molar-refractivity contribution in [2.45, 2.75) is 104 Å². The number of hydrogen-bond donors (Lipinski definition) is 0. The Kier molecular flexibility index (Phi) is 7.46. The van der Waals surface area contributed by atoms with Crippen molar-refractivity contribution in [1.82, 2.24) is 0 Å². The minimum Gasteiger partial charge on any atom is -0.466 e. The molecule has 0 amide bonds. The fourth-order valence-electron chi connectivity index (χ4n) is 8.94. The first-order valence-electron chi connectivity index (χ1n) is 13.7. The molecule has 0 heterocycles. The molecule has 0 bridgehead atoms. The van der Waals surface area contributed by atoms with E-state index in [1.54, 1.807) is 6.92 Å². The molecule has 0 unspecified atom stereocenters. The molecular formula is C28H42O8. The summed E-state index contributed by atoms with van der Waals surface area (Å²) in [6.45, 7) is 9.25. The van der Waals surface area contributed by atoms with Crippen LogP contribution < -0.4 is 0 Å². The highest BCUT2D eigenvalue weighted by atomic mass is 16.6. The summed E-state index contributed by atoms with van der Waals surface area (Å²) in [7, 11) is 0. The Balaban J connectivity index is 1.74. The molecule has 8 atom stereocenters. The molecule has 4 saturated carbocycles. The van der Waals surface area contributed by atoms with Crippen molar-refractivity contribution in [1.29, 1.82) is 0 Å². The SMILES string of the molecule is CCOC(=O)[C@@H]1CC[C@@H]2[C@@H]3CC[C@]4(OC(C)=O)C[C@H](OC(C)=O)CC[C@]4(C(=O)OCC)[C@@H]3CC[C@]21C. The molecule has 4 aliphatic carbocycles. The highest BCUT2D eigenvalue weighted by Gasteiger charge is 2.72. The zero-order valence-corrected chi connectivity index (χ0v) is 22.4. The number of fused-ring (bicyclic) bond motifs is 5. The Hall–Kier alpha value is -2.12.